The zero-order chi connectivity index (χ0) is 10.6. The third-order valence-corrected chi connectivity index (χ3v) is 4.85. The van der Waals surface area contributed by atoms with Crippen LogP contribution in [0.5, 0.6) is 0 Å². The molecule has 0 aromatic rings. The molecule has 0 bridgehead atoms. The molecule has 0 amide bonds. The maximum absolute atomic E-state index is 11.4. The maximum Gasteiger partial charge on any atom is 0.214 e. The van der Waals surface area contributed by atoms with Crippen LogP contribution in [0.4, 0.5) is 0 Å². The van der Waals surface area contributed by atoms with Crippen molar-refractivity contribution in [2.24, 2.45) is 5.92 Å². The van der Waals surface area contributed by atoms with Gasteiger partial charge in [-0.1, -0.05) is 6.92 Å². The van der Waals surface area contributed by atoms with Gasteiger partial charge in [-0.2, -0.15) is 0 Å². The molecule has 0 radical (unpaired) electrons. The fraction of sp³-hybridized carbons (Fsp3) is 1.00. The summed E-state index contributed by atoms with van der Waals surface area (Å²) in [5.74, 6) is 1.51. The zero-order valence-corrected chi connectivity index (χ0v) is 10.1. The molecule has 1 aliphatic rings. The van der Waals surface area contributed by atoms with E-state index < -0.39 is 10.0 Å². The van der Waals surface area contributed by atoms with Gasteiger partial charge in [0.25, 0.3) is 0 Å². The molecule has 1 saturated heterocycles. The lowest BCUT2D eigenvalue weighted by Crippen LogP contribution is -2.27. The number of halogens is 1. The lowest BCUT2D eigenvalue weighted by atomic mass is 10.1. The molecule has 0 aromatic heterocycles. The highest BCUT2D eigenvalue weighted by Crippen LogP contribution is 2.16. The normalized spacial score (nSPS) is 23.9. The van der Waals surface area contributed by atoms with Crippen LogP contribution in [-0.4, -0.2) is 37.4 Å². The zero-order valence-electron chi connectivity index (χ0n) is 8.58. The van der Waals surface area contributed by atoms with E-state index in [1.807, 2.05) is 0 Å². The molecule has 1 rings (SSSR count). The summed E-state index contributed by atoms with van der Waals surface area (Å²) in [6.45, 7) is 3.49. The molecule has 14 heavy (non-hydrogen) atoms. The van der Waals surface area contributed by atoms with Gasteiger partial charge in [0, 0.05) is 19.0 Å². The summed E-state index contributed by atoms with van der Waals surface area (Å²) < 4.78 is 24.5. The van der Waals surface area contributed by atoms with E-state index in [9.17, 15) is 8.42 Å². The maximum atomic E-state index is 11.4. The highest BCUT2D eigenvalue weighted by Gasteiger charge is 2.27. The van der Waals surface area contributed by atoms with Gasteiger partial charge in [0.15, 0.2) is 0 Å². The van der Waals surface area contributed by atoms with Crippen LogP contribution in [0.1, 0.15) is 26.2 Å². The Bertz CT molecular complexity index is 266. The van der Waals surface area contributed by atoms with Crippen molar-refractivity contribution in [3.63, 3.8) is 0 Å². The van der Waals surface area contributed by atoms with Crippen LogP contribution in [0.3, 0.4) is 0 Å². The molecule has 0 spiro atoms. The molecule has 0 N–H and O–H groups in total. The van der Waals surface area contributed by atoms with Crippen LogP contribution in [0, 0.1) is 5.92 Å². The van der Waals surface area contributed by atoms with Gasteiger partial charge in [-0.05, 0) is 25.2 Å². The fourth-order valence-corrected chi connectivity index (χ4v) is 3.55. The van der Waals surface area contributed by atoms with E-state index in [2.05, 4.69) is 6.92 Å². The number of nitrogens with zero attached hydrogens (tertiary/aromatic N) is 1. The first kappa shape index (κ1) is 12.3. The van der Waals surface area contributed by atoms with Gasteiger partial charge >= 0.3 is 0 Å². The second-order valence-corrected chi connectivity index (χ2v) is 6.41. The summed E-state index contributed by atoms with van der Waals surface area (Å²) in [6.07, 6.45) is 2.67. The number of rotatable bonds is 5. The Labute approximate surface area is 91.5 Å². The van der Waals surface area contributed by atoms with Crippen molar-refractivity contribution in [2.45, 2.75) is 26.2 Å². The Kier molecular flexibility index (Phi) is 4.67. The van der Waals surface area contributed by atoms with Crippen LogP contribution >= 0.6 is 11.6 Å². The van der Waals surface area contributed by atoms with Crippen LogP contribution in [0.25, 0.3) is 0 Å². The molecule has 3 nitrogen and oxygen atoms in total. The predicted molar refractivity (Wildman–Crippen MR) is 59.1 cm³/mol. The van der Waals surface area contributed by atoms with E-state index >= 15 is 0 Å². The molecule has 0 saturated carbocycles. The lowest BCUT2D eigenvalue weighted by Gasteiger charge is -2.16. The highest BCUT2D eigenvalue weighted by atomic mass is 35.5. The molecule has 5 heteroatoms. The number of hydrogen-bond donors (Lipinski definition) is 0. The minimum absolute atomic E-state index is 0.330. The first-order valence-corrected chi connectivity index (χ1v) is 7.24. The third-order valence-electron chi connectivity index (χ3n) is 2.68. The van der Waals surface area contributed by atoms with Gasteiger partial charge in [0.1, 0.15) is 0 Å². The van der Waals surface area contributed by atoms with Crippen molar-refractivity contribution in [3.05, 3.63) is 0 Å². The van der Waals surface area contributed by atoms with Crippen molar-refractivity contribution in [3.8, 4) is 0 Å². The van der Waals surface area contributed by atoms with Crippen molar-refractivity contribution < 1.29 is 8.42 Å². The van der Waals surface area contributed by atoms with Gasteiger partial charge in [-0.25, -0.2) is 12.7 Å². The summed E-state index contributed by atoms with van der Waals surface area (Å²) >= 11 is 5.62. The minimum atomic E-state index is -2.90. The molecule has 84 valence electrons. The summed E-state index contributed by atoms with van der Waals surface area (Å²) in [7, 11) is -2.90. The molecular weight excluding hydrogens is 222 g/mol. The van der Waals surface area contributed by atoms with E-state index in [-0.39, 0.29) is 0 Å². The van der Waals surface area contributed by atoms with Crippen LogP contribution in [0.15, 0.2) is 0 Å². The molecule has 0 aliphatic carbocycles. The second kappa shape index (κ2) is 5.33. The molecule has 1 heterocycles. The van der Waals surface area contributed by atoms with E-state index in [4.69, 9.17) is 11.6 Å². The van der Waals surface area contributed by atoms with Crippen molar-refractivity contribution in [2.75, 3.05) is 24.7 Å². The van der Waals surface area contributed by atoms with Gasteiger partial charge in [-0.15, -0.1) is 11.6 Å². The molecule has 1 aliphatic heterocycles. The van der Waals surface area contributed by atoms with Gasteiger partial charge < -0.3 is 0 Å². The Morgan fingerprint density at radius 1 is 1.43 bits per heavy atom. The van der Waals surface area contributed by atoms with Gasteiger partial charge in [-0.3, -0.25) is 0 Å². The van der Waals surface area contributed by atoms with Crippen molar-refractivity contribution in [1.82, 2.24) is 4.31 Å². The van der Waals surface area contributed by atoms with Crippen LogP contribution < -0.4 is 0 Å². The summed E-state index contributed by atoms with van der Waals surface area (Å²) in [5, 5.41) is 0. The summed E-state index contributed by atoms with van der Waals surface area (Å²) in [4.78, 5) is 0. The second-order valence-electron chi connectivity index (χ2n) is 3.94. The minimum Gasteiger partial charge on any atom is -0.212 e. The Balaban J connectivity index is 2.31. The SMILES string of the molecule is CC(CCCl)CCN1CCCS1(=O)=O. The van der Waals surface area contributed by atoms with E-state index in [1.165, 1.54) is 0 Å². The average molecular weight is 240 g/mol. The third kappa shape index (κ3) is 3.41. The number of hydrogen-bond acceptors (Lipinski definition) is 2. The number of alkyl halides is 1. The summed E-state index contributed by atoms with van der Waals surface area (Å²) in [5.41, 5.74) is 0. The molecule has 1 fully saturated rings. The number of sulfonamides is 1. The first-order chi connectivity index (χ1) is 6.56. The van der Waals surface area contributed by atoms with E-state index in [0.717, 1.165) is 19.3 Å². The van der Waals surface area contributed by atoms with Crippen LogP contribution in [0.2, 0.25) is 0 Å². The smallest absolute Gasteiger partial charge is 0.212 e. The summed E-state index contributed by atoms with van der Waals surface area (Å²) in [6, 6.07) is 0. The molecule has 1 unspecified atom stereocenters. The Hall–Kier alpha value is 0.200. The monoisotopic (exact) mass is 239 g/mol. The standard InChI is InChI=1S/C9H18ClNO2S/c1-9(3-5-10)4-7-11-6-2-8-14(11,12)13/h9H,2-8H2,1H3. The predicted octanol–water partition coefficient (Wildman–Crippen LogP) is 1.68. The quantitative estimate of drug-likeness (QED) is 0.685. The van der Waals surface area contributed by atoms with Gasteiger partial charge in [0.2, 0.25) is 10.0 Å². The fourth-order valence-electron chi connectivity index (χ4n) is 1.64. The van der Waals surface area contributed by atoms with Crippen LogP contribution in [-0.2, 0) is 10.0 Å². The average Bonchev–Trinajstić information content (AvgIpc) is 2.42. The van der Waals surface area contributed by atoms with E-state index in [0.29, 0.717) is 30.6 Å². The Morgan fingerprint density at radius 3 is 2.64 bits per heavy atom. The molecule has 0 aromatic carbocycles. The first-order valence-electron chi connectivity index (χ1n) is 5.10. The topological polar surface area (TPSA) is 37.4 Å². The van der Waals surface area contributed by atoms with Crippen molar-refractivity contribution in [1.29, 1.82) is 0 Å². The molecule has 1 atom stereocenters. The molecular formula is C9H18ClNO2S. The largest absolute Gasteiger partial charge is 0.214 e. The van der Waals surface area contributed by atoms with Gasteiger partial charge in [0.05, 0.1) is 5.75 Å². The lowest BCUT2D eigenvalue weighted by molar-refractivity contribution is 0.390. The van der Waals surface area contributed by atoms with Crippen molar-refractivity contribution >= 4 is 21.6 Å². The van der Waals surface area contributed by atoms with E-state index in [1.54, 1.807) is 4.31 Å². The Morgan fingerprint density at radius 2 is 2.14 bits per heavy atom. The highest BCUT2D eigenvalue weighted by molar-refractivity contribution is 7.89.